The van der Waals surface area contributed by atoms with Gasteiger partial charge in [-0.15, -0.1) is 0 Å². The number of hydrogen-bond acceptors (Lipinski definition) is 7. The minimum atomic E-state index is -0.771. The molecule has 0 bridgehead atoms. The van der Waals surface area contributed by atoms with Crippen molar-refractivity contribution in [1.82, 2.24) is 20.6 Å². The van der Waals surface area contributed by atoms with Gasteiger partial charge in [-0.1, -0.05) is 36.4 Å². The summed E-state index contributed by atoms with van der Waals surface area (Å²) in [6.45, 7) is 1.91. The van der Waals surface area contributed by atoms with Gasteiger partial charge in [-0.3, -0.25) is 19.2 Å². The summed E-state index contributed by atoms with van der Waals surface area (Å²) in [7, 11) is 2.91. The average molecular weight is 566 g/mol. The molecule has 0 fully saturated rings. The van der Waals surface area contributed by atoms with Crippen molar-refractivity contribution >= 4 is 41.0 Å². The maximum absolute atomic E-state index is 13.5. The first-order valence-corrected chi connectivity index (χ1v) is 13.1. The molecule has 3 aromatic carbocycles. The third kappa shape index (κ3) is 6.94. The fraction of sp³-hybridized carbons (Fsp3) is 0.161. The second kappa shape index (κ2) is 13.2. The predicted octanol–water partition coefficient (Wildman–Crippen LogP) is 3.12. The van der Waals surface area contributed by atoms with Gasteiger partial charge >= 0.3 is 0 Å². The number of benzene rings is 3. The summed E-state index contributed by atoms with van der Waals surface area (Å²) < 4.78 is 0. The minimum Gasteiger partial charge on any atom is -0.366 e. The minimum absolute atomic E-state index is 0.0635. The van der Waals surface area contributed by atoms with Crippen LogP contribution in [0.4, 0.5) is 17.3 Å². The van der Waals surface area contributed by atoms with E-state index in [1.54, 1.807) is 18.3 Å². The molecule has 1 aromatic heterocycles. The molecule has 0 aliphatic rings. The molecule has 0 atom stereocenters. The highest BCUT2D eigenvalue weighted by Gasteiger charge is 2.24. The van der Waals surface area contributed by atoms with E-state index in [1.807, 2.05) is 49.4 Å². The summed E-state index contributed by atoms with van der Waals surface area (Å²) in [5.74, 6) is -1.71. The van der Waals surface area contributed by atoms with Crippen LogP contribution in [0.15, 0.2) is 72.9 Å². The Bertz CT molecular complexity index is 1650. The maximum Gasteiger partial charge on any atom is 0.255 e. The van der Waals surface area contributed by atoms with Crippen LogP contribution in [0.3, 0.4) is 0 Å². The molecule has 4 amide bonds. The number of anilines is 3. The van der Waals surface area contributed by atoms with E-state index in [4.69, 9.17) is 5.73 Å². The number of nitrogens with zero attached hydrogens (tertiary/aromatic N) is 2. The third-order valence-corrected chi connectivity index (χ3v) is 6.64. The summed E-state index contributed by atoms with van der Waals surface area (Å²) in [4.78, 5) is 59.3. The summed E-state index contributed by atoms with van der Waals surface area (Å²) in [5, 5.41) is 11.1. The summed E-state index contributed by atoms with van der Waals surface area (Å²) in [5.41, 5.74) is 9.95. The average Bonchev–Trinajstić information content (AvgIpc) is 2.99. The number of carbonyl (C=O) groups is 4. The lowest BCUT2D eigenvalue weighted by Crippen LogP contribution is -2.28. The van der Waals surface area contributed by atoms with Gasteiger partial charge < -0.3 is 27.0 Å². The molecule has 0 aliphatic heterocycles. The van der Waals surface area contributed by atoms with Crippen molar-refractivity contribution in [3.05, 3.63) is 101 Å². The van der Waals surface area contributed by atoms with E-state index in [2.05, 4.69) is 31.2 Å². The highest BCUT2D eigenvalue weighted by molar-refractivity contribution is 6.08. The molecule has 0 unspecified atom stereocenters. The lowest BCUT2D eigenvalue weighted by Gasteiger charge is -2.18. The highest BCUT2D eigenvalue weighted by Crippen LogP contribution is 2.27. The number of rotatable bonds is 10. The Kier molecular flexibility index (Phi) is 9.23. The Morgan fingerprint density at radius 2 is 1.45 bits per heavy atom. The van der Waals surface area contributed by atoms with E-state index in [0.717, 1.165) is 16.8 Å². The predicted molar refractivity (Wildman–Crippen MR) is 160 cm³/mol. The van der Waals surface area contributed by atoms with Gasteiger partial charge in [0, 0.05) is 48.4 Å². The van der Waals surface area contributed by atoms with Crippen molar-refractivity contribution in [1.29, 1.82) is 0 Å². The fourth-order valence-corrected chi connectivity index (χ4v) is 4.38. The van der Waals surface area contributed by atoms with Crippen molar-refractivity contribution in [2.24, 2.45) is 5.73 Å². The van der Waals surface area contributed by atoms with Gasteiger partial charge in [0.1, 0.15) is 0 Å². The van der Waals surface area contributed by atoms with Crippen LogP contribution in [-0.4, -0.2) is 47.7 Å². The summed E-state index contributed by atoms with van der Waals surface area (Å²) in [6, 6.07) is 19.7. The Morgan fingerprint density at radius 1 is 0.810 bits per heavy atom. The molecular weight excluding hydrogens is 534 g/mol. The standard InChI is InChI=1S/C31H31N7O4/c1-18-9-10-20(15-26(18)38-31-35-14-13-25(37-31)19-7-5-4-6-8-19)36-30(42)22-12-11-21(29(32)41)23(16-27(39)33-2)24(22)17-28(40)34-3/h4-15H,16-17H2,1-3H3,(H2,32,41)(H,33,39)(H,34,40)(H,36,42)(H,35,37,38). The molecule has 6 N–H and O–H groups in total. The smallest absolute Gasteiger partial charge is 0.255 e. The van der Waals surface area contributed by atoms with Crippen molar-refractivity contribution in [2.45, 2.75) is 19.8 Å². The van der Waals surface area contributed by atoms with Gasteiger partial charge in [-0.2, -0.15) is 0 Å². The fourth-order valence-electron chi connectivity index (χ4n) is 4.38. The van der Waals surface area contributed by atoms with Gasteiger partial charge in [0.25, 0.3) is 5.91 Å². The van der Waals surface area contributed by atoms with Crippen LogP contribution in [-0.2, 0) is 22.4 Å². The molecule has 42 heavy (non-hydrogen) atoms. The number of amides is 4. The molecule has 11 heteroatoms. The first-order valence-electron chi connectivity index (χ1n) is 13.1. The van der Waals surface area contributed by atoms with Crippen molar-refractivity contribution < 1.29 is 19.2 Å². The van der Waals surface area contributed by atoms with Crippen molar-refractivity contribution in [3.8, 4) is 11.3 Å². The van der Waals surface area contributed by atoms with E-state index in [9.17, 15) is 19.2 Å². The molecule has 4 aromatic rings. The van der Waals surface area contributed by atoms with Crippen LogP contribution >= 0.6 is 0 Å². The van der Waals surface area contributed by atoms with Crippen LogP contribution in [0.25, 0.3) is 11.3 Å². The van der Waals surface area contributed by atoms with Gasteiger partial charge in [-0.25, -0.2) is 9.97 Å². The van der Waals surface area contributed by atoms with Gasteiger partial charge in [-0.05, 0) is 53.9 Å². The van der Waals surface area contributed by atoms with Gasteiger partial charge in [0.15, 0.2) is 0 Å². The maximum atomic E-state index is 13.5. The zero-order valence-corrected chi connectivity index (χ0v) is 23.4. The van der Waals surface area contributed by atoms with Crippen LogP contribution in [0, 0.1) is 6.92 Å². The SMILES string of the molecule is CNC(=O)Cc1c(C(N)=O)ccc(C(=O)Nc2ccc(C)c(Nc3nccc(-c4ccccc4)n3)c2)c1CC(=O)NC. The van der Waals surface area contributed by atoms with E-state index >= 15 is 0 Å². The second-order valence-electron chi connectivity index (χ2n) is 9.42. The van der Waals surface area contributed by atoms with Crippen LogP contribution in [0.2, 0.25) is 0 Å². The van der Waals surface area contributed by atoms with Crippen LogP contribution in [0.5, 0.6) is 0 Å². The number of nitrogens with two attached hydrogens (primary N) is 1. The first-order chi connectivity index (χ1) is 20.2. The molecule has 0 saturated heterocycles. The van der Waals surface area contributed by atoms with E-state index < -0.39 is 23.6 Å². The van der Waals surface area contributed by atoms with E-state index in [0.29, 0.717) is 17.3 Å². The Hall–Kier alpha value is -5.58. The quantitative estimate of drug-likeness (QED) is 0.197. The molecular formula is C31H31N7O4. The first kappa shape index (κ1) is 29.4. The number of carbonyl (C=O) groups excluding carboxylic acids is 4. The van der Waals surface area contributed by atoms with Crippen molar-refractivity contribution in [3.63, 3.8) is 0 Å². The summed E-state index contributed by atoms with van der Waals surface area (Å²) >= 11 is 0. The molecule has 11 nitrogen and oxygen atoms in total. The number of nitrogens with one attached hydrogen (secondary N) is 4. The molecule has 0 saturated carbocycles. The molecule has 0 radical (unpaired) electrons. The number of aromatic nitrogens is 2. The molecule has 1 heterocycles. The molecule has 0 aliphatic carbocycles. The normalized spacial score (nSPS) is 10.5. The van der Waals surface area contributed by atoms with Gasteiger partial charge in [0.05, 0.1) is 18.5 Å². The highest BCUT2D eigenvalue weighted by atomic mass is 16.2. The topological polar surface area (TPSA) is 168 Å². The molecule has 214 valence electrons. The van der Waals surface area contributed by atoms with Gasteiger partial charge in [0.2, 0.25) is 23.7 Å². The summed E-state index contributed by atoms with van der Waals surface area (Å²) in [6.07, 6.45) is 1.20. The van der Waals surface area contributed by atoms with Crippen molar-refractivity contribution in [2.75, 3.05) is 24.7 Å². The Balaban J connectivity index is 1.65. The lowest BCUT2D eigenvalue weighted by atomic mass is 9.90. The van der Waals surface area contributed by atoms with Crippen LogP contribution < -0.4 is 27.0 Å². The van der Waals surface area contributed by atoms with E-state index in [1.165, 1.54) is 26.2 Å². The number of primary amides is 1. The van der Waals surface area contributed by atoms with Crippen LogP contribution in [0.1, 0.15) is 37.4 Å². The number of hydrogen-bond donors (Lipinski definition) is 5. The second-order valence-corrected chi connectivity index (χ2v) is 9.42. The van der Waals surface area contributed by atoms with E-state index in [-0.39, 0.29) is 35.1 Å². The largest absolute Gasteiger partial charge is 0.366 e. The number of aryl methyl sites for hydroxylation is 1. The third-order valence-electron chi connectivity index (χ3n) is 6.64. The Labute approximate surface area is 243 Å². The zero-order valence-electron chi connectivity index (χ0n) is 23.4. The molecule has 4 rings (SSSR count). The zero-order chi connectivity index (χ0) is 30.2. The Morgan fingerprint density at radius 3 is 2.10 bits per heavy atom. The monoisotopic (exact) mass is 565 g/mol. The molecule has 0 spiro atoms. The lowest BCUT2D eigenvalue weighted by molar-refractivity contribution is -0.121. The number of likely N-dealkylation sites (N-methyl/N-ethyl adjacent to an activating group) is 2.